The van der Waals surface area contributed by atoms with Gasteiger partial charge in [0.25, 0.3) is 21.8 Å². The molecule has 0 unspecified atom stereocenters. The fraction of sp³-hybridized carbons (Fsp3) is 0.333. The van der Waals surface area contributed by atoms with Crippen molar-refractivity contribution in [3.8, 4) is 11.4 Å². The lowest BCUT2D eigenvalue weighted by Crippen LogP contribution is -2.38. The zero-order chi connectivity index (χ0) is 42.3. The van der Waals surface area contributed by atoms with Crippen molar-refractivity contribution in [1.82, 2.24) is 24.3 Å². The number of nitrogens with zero attached hydrogens (tertiary/aromatic N) is 4. The smallest absolute Gasteiger partial charge is 0.340 e. The fourth-order valence-corrected chi connectivity index (χ4v) is 8.08. The minimum Gasteiger partial charge on any atom is -0.492 e. The predicted molar refractivity (Wildman–Crippen MR) is 227 cm³/mol. The van der Waals surface area contributed by atoms with Gasteiger partial charge in [0.15, 0.2) is 5.69 Å². The Bertz CT molecular complexity index is 2470. The van der Waals surface area contributed by atoms with Crippen LogP contribution < -0.4 is 9.46 Å². The first kappa shape index (κ1) is 43.9. The maximum Gasteiger partial charge on any atom is 0.340 e. The summed E-state index contributed by atoms with van der Waals surface area (Å²) >= 11 is 19.1. The monoisotopic (exact) mass is 883 g/mol. The quantitative estimate of drug-likeness (QED) is 0.0976. The van der Waals surface area contributed by atoms with Crippen LogP contribution in [0.5, 0.6) is 5.75 Å². The summed E-state index contributed by atoms with van der Waals surface area (Å²) in [5, 5.41) is 6.69. The Balaban J connectivity index is 1.25. The number of hydrogen-bond donors (Lipinski definition) is 1. The number of sulfonamides is 1. The number of halogens is 3. The molecule has 0 bridgehead atoms. The van der Waals surface area contributed by atoms with E-state index in [9.17, 15) is 22.8 Å². The summed E-state index contributed by atoms with van der Waals surface area (Å²) in [6.45, 7) is 9.92. The highest BCUT2D eigenvalue weighted by Crippen LogP contribution is 2.31. The van der Waals surface area contributed by atoms with Crippen LogP contribution in [0.3, 0.4) is 0 Å². The number of amides is 2. The van der Waals surface area contributed by atoms with Crippen LogP contribution in [-0.2, 0) is 26.0 Å². The van der Waals surface area contributed by atoms with Crippen LogP contribution in [0.4, 0.5) is 0 Å². The van der Waals surface area contributed by atoms with Gasteiger partial charge in [0, 0.05) is 43.7 Å². The molecule has 1 saturated heterocycles. The van der Waals surface area contributed by atoms with E-state index in [-0.39, 0.29) is 45.6 Å². The number of carbonyl (C=O) groups excluding carboxylic acids is 3. The predicted octanol–water partition coefficient (Wildman–Crippen LogP) is 7.74. The minimum atomic E-state index is -4.40. The number of hydrogen-bond acceptors (Lipinski definition) is 10. The number of rotatable bonds is 16. The van der Waals surface area contributed by atoms with Crippen molar-refractivity contribution in [3.63, 3.8) is 0 Å². The summed E-state index contributed by atoms with van der Waals surface area (Å²) in [5.74, 6) is -1.74. The highest BCUT2D eigenvalue weighted by atomic mass is 35.5. The molecular weight excluding hydrogens is 841 g/mol. The first-order valence-corrected chi connectivity index (χ1v) is 21.8. The summed E-state index contributed by atoms with van der Waals surface area (Å²) < 4.78 is 47.6. The average molecular weight is 885 g/mol. The third-order valence-electron chi connectivity index (χ3n) is 9.77. The van der Waals surface area contributed by atoms with Gasteiger partial charge in [0.05, 0.1) is 56.7 Å². The lowest BCUT2D eigenvalue weighted by molar-refractivity contribution is 0.0323. The zero-order valence-electron chi connectivity index (χ0n) is 32.8. The van der Waals surface area contributed by atoms with Crippen molar-refractivity contribution in [2.75, 3.05) is 52.6 Å². The number of nitrogens with one attached hydrogen (secondary N) is 1. The largest absolute Gasteiger partial charge is 0.492 e. The number of ether oxygens (including phenoxy) is 3. The molecule has 2 amide bonds. The number of benzene rings is 4. The van der Waals surface area contributed by atoms with Crippen molar-refractivity contribution in [2.45, 2.75) is 45.1 Å². The van der Waals surface area contributed by atoms with Gasteiger partial charge in [-0.15, -0.1) is 0 Å². The molecule has 0 saturated carbocycles. The molecule has 0 aliphatic carbocycles. The van der Waals surface area contributed by atoms with Crippen molar-refractivity contribution < 1.29 is 37.0 Å². The summed E-state index contributed by atoms with van der Waals surface area (Å²) in [6.07, 6.45) is 1.54. The van der Waals surface area contributed by atoms with Crippen LogP contribution >= 0.6 is 34.8 Å². The van der Waals surface area contributed by atoms with Crippen molar-refractivity contribution in [3.05, 3.63) is 116 Å². The van der Waals surface area contributed by atoms with Gasteiger partial charge in [-0.1, -0.05) is 72.4 Å². The Morgan fingerprint density at radius 2 is 1.73 bits per heavy atom. The maximum atomic E-state index is 14.0. The second kappa shape index (κ2) is 19.6. The van der Waals surface area contributed by atoms with E-state index in [0.29, 0.717) is 66.2 Å². The van der Waals surface area contributed by atoms with Gasteiger partial charge in [-0.2, -0.15) is 5.10 Å². The molecule has 2 heterocycles. The molecule has 1 N–H and O–H groups in total. The molecule has 4 aromatic carbocycles. The molecular formula is C42H44Cl3N5O8S. The molecule has 13 nitrogen and oxygen atoms in total. The molecule has 59 heavy (non-hydrogen) atoms. The van der Waals surface area contributed by atoms with Gasteiger partial charge >= 0.3 is 5.97 Å². The van der Waals surface area contributed by atoms with E-state index in [1.807, 2.05) is 19.1 Å². The Morgan fingerprint density at radius 1 is 0.949 bits per heavy atom. The number of unbranched alkanes of at least 4 members (excludes halogenated alkanes) is 1. The van der Waals surface area contributed by atoms with Crippen molar-refractivity contribution >= 4 is 73.4 Å². The van der Waals surface area contributed by atoms with Gasteiger partial charge in [0.2, 0.25) is 0 Å². The van der Waals surface area contributed by atoms with Crippen LogP contribution in [0.2, 0.25) is 15.1 Å². The summed E-state index contributed by atoms with van der Waals surface area (Å²) in [4.78, 5) is 44.7. The van der Waals surface area contributed by atoms with Crippen LogP contribution in [0.15, 0.2) is 77.7 Å². The molecule has 6 rings (SSSR count). The van der Waals surface area contributed by atoms with Gasteiger partial charge in [-0.05, 0) is 79.7 Å². The summed E-state index contributed by atoms with van der Waals surface area (Å²) in [5.41, 5.74) is 0.942. The molecule has 0 radical (unpaired) electrons. The normalized spacial score (nSPS) is 13.3. The van der Waals surface area contributed by atoms with Gasteiger partial charge in [-0.25, -0.2) is 22.6 Å². The minimum absolute atomic E-state index is 0.00758. The number of esters is 1. The molecule has 1 aromatic heterocycles. The van der Waals surface area contributed by atoms with Crippen molar-refractivity contribution in [2.24, 2.45) is 0 Å². The van der Waals surface area contributed by atoms with Gasteiger partial charge in [0.1, 0.15) is 12.4 Å². The number of carbonyl (C=O) groups is 3. The highest BCUT2D eigenvalue weighted by molar-refractivity contribution is 7.90. The first-order chi connectivity index (χ1) is 28.3. The molecule has 17 heteroatoms. The van der Waals surface area contributed by atoms with E-state index in [1.165, 1.54) is 35.0 Å². The van der Waals surface area contributed by atoms with Crippen LogP contribution in [0.25, 0.3) is 16.5 Å². The van der Waals surface area contributed by atoms with E-state index < -0.39 is 27.8 Å². The molecule has 1 fully saturated rings. The molecule has 1 aliphatic heterocycles. The van der Waals surface area contributed by atoms with Gasteiger partial charge < -0.3 is 19.1 Å². The molecule has 1 aliphatic rings. The highest BCUT2D eigenvalue weighted by Gasteiger charge is 2.28. The third kappa shape index (κ3) is 10.4. The standard InChI is InChI=1S/C42H44Cl3N5O8S/c1-4-6-16-49(26-28-10-14-34(43)35(44)23-28)41(52)39-38(45)27(3)50(46-39)36-15-12-30(24-33(36)42(53)57-5-2)40(51)47-59(54,55)31-13-11-29-8-7-9-37(32(29)25-31)58-22-19-48-17-20-56-21-18-48/h7-15,23-25H,4-6,16-22,26H2,1-3H3,(H,47,51). The number of fused-ring (bicyclic) bond motifs is 1. The van der Waals surface area contributed by atoms with Crippen LogP contribution in [0.1, 0.15) is 69.2 Å². The van der Waals surface area contributed by atoms with Gasteiger partial charge in [-0.3, -0.25) is 14.5 Å². The summed E-state index contributed by atoms with van der Waals surface area (Å²) in [6, 6.07) is 19.0. The molecule has 0 spiro atoms. The second-order valence-corrected chi connectivity index (χ2v) is 16.7. The average Bonchev–Trinajstić information content (AvgIpc) is 3.53. The Morgan fingerprint density at radius 3 is 2.46 bits per heavy atom. The van der Waals surface area contributed by atoms with E-state index in [0.717, 1.165) is 30.5 Å². The maximum absolute atomic E-state index is 14.0. The fourth-order valence-electron chi connectivity index (χ4n) is 6.56. The van der Waals surface area contributed by atoms with E-state index in [1.54, 1.807) is 49.1 Å². The number of aromatic nitrogens is 2. The lowest BCUT2D eigenvalue weighted by atomic mass is 10.1. The lowest BCUT2D eigenvalue weighted by Gasteiger charge is -2.26. The van der Waals surface area contributed by atoms with E-state index in [2.05, 4.69) is 14.7 Å². The molecule has 312 valence electrons. The zero-order valence-corrected chi connectivity index (χ0v) is 35.9. The first-order valence-electron chi connectivity index (χ1n) is 19.1. The molecule has 5 aromatic rings. The van der Waals surface area contributed by atoms with E-state index in [4.69, 9.17) is 49.0 Å². The molecule has 0 atom stereocenters. The van der Waals surface area contributed by atoms with Crippen molar-refractivity contribution in [1.29, 1.82) is 0 Å². The Labute approximate surface area is 358 Å². The van der Waals surface area contributed by atoms with Crippen LogP contribution in [-0.4, -0.2) is 98.4 Å². The Kier molecular flexibility index (Phi) is 14.6. The van der Waals surface area contributed by atoms with E-state index >= 15 is 0 Å². The third-order valence-corrected chi connectivity index (χ3v) is 12.3. The SMILES string of the molecule is CCCCN(Cc1ccc(Cl)c(Cl)c1)C(=O)c1nn(-c2ccc(C(=O)NS(=O)(=O)c3ccc4cccc(OCCN5CCOCC5)c4c3)cc2C(=O)OCC)c(C)c1Cl. The topological polar surface area (TPSA) is 149 Å². The summed E-state index contributed by atoms with van der Waals surface area (Å²) in [7, 11) is -4.40. The number of morpholine rings is 1. The second-order valence-electron chi connectivity index (χ2n) is 13.8. The van der Waals surface area contributed by atoms with Crippen LogP contribution in [0, 0.1) is 6.92 Å². The Hall–Kier alpha value is -4.70.